The van der Waals surface area contributed by atoms with Crippen molar-refractivity contribution in [1.29, 1.82) is 0 Å². The lowest BCUT2D eigenvalue weighted by atomic mass is 10.1. The van der Waals surface area contributed by atoms with Crippen LogP contribution in [0.3, 0.4) is 0 Å². The average molecular weight is 347 g/mol. The Kier molecular flexibility index (Phi) is 5.98. The van der Waals surface area contributed by atoms with Crippen LogP contribution in [0.2, 0.25) is 0 Å². The van der Waals surface area contributed by atoms with E-state index < -0.39 is 16.0 Å². The molecule has 0 aliphatic carbocycles. The lowest BCUT2D eigenvalue weighted by molar-refractivity contribution is 0.0696. The van der Waals surface area contributed by atoms with Crippen molar-refractivity contribution >= 4 is 39.5 Å². The minimum absolute atomic E-state index is 0.0990. The van der Waals surface area contributed by atoms with Crippen molar-refractivity contribution in [3.8, 4) is 0 Å². The van der Waals surface area contributed by atoms with Crippen LogP contribution in [0.15, 0.2) is 24.3 Å². The molecule has 0 radical (unpaired) electrons. The van der Waals surface area contributed by atoms with Crippen molar-refractivity contribution < 1.29 is 18.3 Å². The molecule has 21 heavy (non-hydrogen) atoms. The van der Waals surface area contributed by atoms with E-state index in [0.29, 0.717) is 17.4 Å². The van der Waals surface area contributed by atoms with E-state index in [-0.39, 0.29) is 11.3 Å². The van der Waals surface area contributed by atoms with Gasteiger partial charge in [0.05, 0.1) is 11.3 Å². The van der Waals surface area contributed by atoms with E-state index in [1.165, 1.54) is 12.1 Å². The van der Waals surface area contributed by atoms with Gasteiger partial charge in [0.15, 0.2) is 0 Å². The molecule has 0 spiro atoms. The fraction of sp³-hybridized carbons (Fsp3) is 0.462. The predicted molar refractivity (Wildman–Crippen MR) is 87.6 cm³/mol. The van der Waals surface area contributed by atoms with Crippen LogP contribution in [0.5, 0.6) is 0 Å². The molecule has 1 aliphatic rings. The summed E-state index contributed by atoms with van der Waals surface area (Å²) in [5.74, 6) is 1.88. The molecule has 0 amide bonds. The van der Waals surface area contributed by atoms with Crippen molar-refractivity contribution in [2.24, 2.45) is 0 Å². The summed E-state index contributed by atoms with van der Waals surface area (Å²) in [6.07, 6.45) is 0. The first-order chi connectivity index (χ1) is 9.96. The number of benzene rings is 1. The lowest BCUT2D eigenvalue weighted by Crippen LogP contribution is -2.34. The van der Waals surface area contributed by atoms with Gasteiger partial charge in [-0.3, -0.25) is 0 Å². The Morgan fingerprint density at radius 2 is 2.19 bits per heavy atom. The predicted octanol–water partition coefficient (Wildman–Crippen LogP) is 1.65. The van der Waals surface area contributed by atoms with E-state index in [9.17, 15) is 13.2 Å². The number of hydrogen-bond acceptors (Lipinski definition) is 5. The van der Waals surface area contributed by atoms with Crippen molar-refractivity contribution in [2.75, 3.05) is 23.8 Å². The maximum atomic E-state index is 12.0. The number of rotatable bonds is 6. The fourth-order valence-electron chi connectivity index (χ4n) is 1.94. The van der Waals surface area contributed by atoms with Crippen molar-refractivity contribution in [1.82, 2.24) is 4.72 Å². The van der Waals surface area contributed by atoms with Gasteiger partial charge in [0.2, 0.25) is 10.0 Å². The highest BCUT2D eigenvalue weighted by atomic mass is 32.2. The van der Waals surface area contributed by atoms with Gasteiger partial charge in [-0.15, -0.1) is 0 Å². The summed E-state index contributed by atoms with van der Waals surface area (Å²) in [4.78, 5) is 10.9. The Labute approximate surface area is 132 Å². The van der Waals surface area contributed by atoms with Crippen LogP contribution in [0, 0.1) is 0 Å². The van der Waals surface area contributed by atoms with Gasteiger partial charge in [-0.1, -0.05) is 12.1 Å². The molecular weight excluding hydrogens is 330 g/mol. The van der Waals surface area contributed by atoms with Crippen LogP contribution in [0.1, 0.15) is 15.9 Å². The number of carboxylic acids is 1. The van der Waals surface area contributed by atoms with Gasteiger partial charge < -0.3 is 5.11 Å². The van der Waals surface area contributed by atoms with Crippen molar-refractivity contribution in [3.63, 3.8) is 0 Å². The van der Waals surface area contributed by atoms with E-state index in [0.717, 1.165) is 17.3 Å². The minimum atomic E-state index is -3.44. The second-order valence-corrected chi connectivity index (χ2v) is 9.05. The van der Waals surface area contributed by atoms with Gasteiger partial charge in [0, 0.05) is 29.1 Å². The van der Waals surface area contributed by atoms with Crippen LogP contribution in [0.4, 0.5) is 0 Å². The van der Waals surface area contributed by atoms with E-state index >= 15 is 0 Å². The molecule has 1 atom stereocenters. The van der Waals surface area contributed by atoms with Gasteiger partial charge in [0.25, 0.3) is 0 Å². The first-order valence-corrected chi connectivity index (χ1v) is 10.3. The number of carboxylic acid groups (broad SMARTS) is 1. The lowest BCUT2D eigenvalue weighted by Gasteiger charge is -2.21. The molecule has 1 aromatic carbocycles. The monoisotopic (exact) mass is 347 g/mol. The minimum Gasteiger partial charge on any atom is -0.478 e. The van der Waals surface area contributed by atoms with Crippen LogP contribution < -0.4 is 4.72 Å². The SMILES string of the molecule is O=C(O)c1cccc(CS(=O)(=O)NCC2CSCCS2)c1. The Morgan fingerprint density at radius 1 is 1.38 bits per heavy atom. The molecule has 116 valence electrons. The molecule has 1 unspecified atom stereocenters. The molecular formula is C13H17NO4S3. The fourth-order valence-corrected chi connectivity index (χ4v) is 5.83. The molecule has 1 saturated heterocycles. The standard InChI is InChI=1S/C13H17NO4S3/c15-13(16)11-3-1-2-10(6-11)9-21(17,18)14-7-12-8-19-4-5-20-12/h1-3,6,12,14H,4-5,7-9H2,(H,15,16). The van der Waals surface area contributed by atoms with Crippen molar-refractivity contribution in [3.05, 3.63) is 35.4 Å². The Hall–Kier alpha value is -0.700. The zero-order valence-electron chi connectivity index (χ0n) is 11.3. The van der Waals surface area contributed by atoms with Crippen LogP contribution in [-0.4, -0.2) is 48.5 Å². The van der Waals surface area contributed by atoms with Crippen molar-refractivity contribution in [2.45, 2.75) is 11.0 Å². The topological polar surface area (TPSA) is 83.5 Å². The summed E-state index contributed by atoms with van der Waals surface area (Å²) in [6.45, 7) is 0.429. The third kappa shape index (κ3) is 5.54. The summed E-state index contributed by atoms with van der Waals surface area (Å²) in [5, 5.41) is 9.22. The van der Waals surface area contributed by atoms with Gasteiger partial charge in [-0.05, 0) is 17.7 Å². The largest absolute Gasteiger partial charge is 0.478 e. The maximum Gasteiger partial charge on any atom is 0.335 e. The molecule has 5 nitrogen and oxygen atoms in total. The highest BCUT2D eigenvalue weighted by Crippen LogP contribution is 2.23. The molecule has 1 aromatic rings. The van der Waals surface area contributed by atoms with E-state index in [1.807, 2.05) is 11.8 Å². The first-order valence-electron chi connectivity index (χ1n) is 6.45. The zero-order valence-corrected chi connectivity index (χ0v) is 13.8. The van der Waals surface area contributed by atoms with Crippen LogP contribution >= 0.6 is 23.5 Å². The highest BCUT2D eigenvalue weighted by molar-refractivity contribution is 8.06. The number of thioether (sulfide) groups is 2. The van der Waals surface area contributed by atoms with E-state index in [2.05, 4.69) is 4.72 Å². The van der Waals surface area contributed by atoms with Gasteiger partial charge >= 0.3 is 5.97 Å². The number of sulfonamides is 1. The molecule has 1 heterocycles. The molecule has 0 bridgehead atoms. The van der Waals surface area contributed by atoms with Crippen LogP contribution in [-0.2, 0) is 15.8 Å². The maximum absolute atomic E-state index is 12.0. The summed E-state index contributed by atoms with van der Waals surface area (Å²) >= 11 is 3.63. The number of carbonyl (C=O) groups is 1. The molecule has 1 aliphatic heterocycles. The molecule has 2 rings (SSSR count). The number of nitrogens with one attached hydrogen (secondary N) is 1. The summed E-state index contributed by atoms with van der Waals surface area (Å²) < 4.78 is 26.7. The molecule has 1 fully saturated rings. The Morgan fingerprint density at radius 3 is 2.86 bits per heavy atom. The second kappa shape index (κ2) is 7.53. The zero-order chi connectivity index (χ0) is 15.3. The summed E-state index contributed by atoms with van der Waals surface area (Å²) in [5.41, 5.74) is 0.579. The third-order valence-electron chi connectivity index (χ3n) is 2.95. The van der Waals surface area contributed by atoms with E-state index in [1.54, 1.807) is 23.9 Å². The normalized spacial score (nSPS) is 19.3. The third-order valence-corrected chi connectivity index (χ3v) is 7.11. The molecule has 0 aromatic heterocycles. The Bertz CT molecular complexity index is 597. The van der Waals surface area contributed by atoms with Gasteiger partial charge in [-0.2, -0.15) is 23.5 Å². The van der Waals surface area contributed by atoms with E-state index in [4.69, 9.17) is 5.11 Å². The average Bonchev–Trinajstić information content (AvgIpc) is 2.46. The quantitative estimate of drug-likeness (QED) is 0.814. The molecule has 0 saturated carbocycles. The van der Waals surface area contributed by atoms with Gasteiger partial charge in [0.1, 0.15) is 0 Å². The highest BCUT2D eigenvalue weighted by Gasteiger charge is 2.18. The second-order valence-electron chi connectivity index (χ2n) is 4.68. The van der Waals surface area contributed by atoms with Gasteiger partial charge in [-0.25, -0.2) is 17.9 Å². The first kappa shape index (κ1) is 16.7. The van der Waals surface area contributed by atoms with Crippen LogP contribution in [0.25, 0.3) is 0 Å². The smallest absolute Gasteiger partial charge is 0.335 e. The number of hydrogen-bond donors (Lipinski definition) is 2. The molecule has 2 N–H and O–H groups in total. The summed E-state index contributed by atoms with van der Waals surface area (Å²) in [6, 6.07) is 6.02. The molecule has 8 heteroatoms. The summed E-state index contributed by atoms with van der Waals surface area (Å²) in [7, 11) is -3.44. The Balaban J connectivity index is 1.93. The number of aromatic carboxylic acids is 1.